The number of benzene rings is 1. The number of nitrogens with zero attached hydrogens (tertiary/aromatic N) is 1. The third-order valence-corrected chi connectivity index (χ3v) is 5.94. The molecule has 0 heterocycles. The molecule has 0 unspecified atom stereocenters. The molecule has 0 atom stereocenters. The molecule has 4 nitrogen and oxygen atoms in total. The Kier molecular flexibility index (Phi) is 5.18. The summed E-state index contributed by atoms with van der Waals surface area (Å²) in [6.45, 7) is 1.20. The quantitative estimate of drug-likeness (QED) is 0.875. The molecule has 1 aromatic carbocycles. The number of rotatable bonds is 6. The molecule has 1 aromatic rings. The van der Waals surface area contributed by atoms with Gasteiger partial charge in [-0.3, -0.25) is 0 Å². The molecule has 0 spiro atoms. The second-order valence-electron chi connectivity index (χ2n) is 5.57. The summed E-state index contributed by atoms with van der Waals surface area (Å²) in [6.07, 6.45) is 4.76. The average molecular weight is 296 g/mol. The normalized spacial score (nSPS) is 16.9. The van der Waals surface area contributed by atoms with Gasteiger partial charge in [-0.25, -0.2) is 12.7 Å². The lowest BCUT2D eigenvalue weighted by molar-refractivity contribution is 0.387. The van der Waals surface area contributed by atoms with E-state index in [1.165, 1.54) is 17.1 Å². The van der Waals surface area contributed by atoms with Crippen molar-refractivity contribution in [3.05, 3.63) is 29.8 Å². The molecule has 1 aliphatic carbocycles. The van der Waals surface area contributed by atoms with Gasteiger partial charge in [0.15, 0.2) is 0 Å². The van der Waals surface area contributed by atoms with Crippen molar-refractivity contribution in [2.45, 2.75) is 37.1 Å². The smallest absolute Gasteiger partial charge is 0.243 e. The van der Waals surface area contributed by atoms with E-state index in [0.717, 1.165) is 18.4 Å². The molecule has 0 bridgehead atoms. The third-order valence-electron chi connectivity index (χ3n) is 4.02. The van der Waals surface area contributed by atoms with E-state index in [4.69, 9.17) is 0 Å². The first-order valence-electron chi connectivity index (χ1n) is 7.24. The molecule has 1 fully saturated rings. The van der Waals surface area contributed by atoms with Crippen LogP contribution < -0.4 is 5.32 Å². The highest BCUT2D eigenvalue weighted by Gasteiger charge is 2.26. The molecule has 0 saturated heterocycles. The van der Waals surface area contributed by atoms with Crippen LogP contribution in [-0.2, 0) is 16.6 Å². The second kappa shape index (κ2) is 6.70. The van der Waals surface area contributed by atoms with E-state index in [0.29, 0.717) is 23.9 Å². The molecule has 1 N–H and O–H groups in total. The fraction of sp³-hybridized carbons (Fsp3) is 0.600. The van der Waals surface area contributed by atoms with E-state index in [1.807, 2.05) is 19.2 Å². The van der Waals surface area contributed by atoms with Crippen LogP contribution in [0.5, 0.6) is 0 Å². The molecule has 1 saturated carbocycles. The van der Waals surface area contributed by atoms with Gasteiger partial charge in [0.25, 0.3) is 0 Å². The molecule has 0 aliphatic heterocycles. The predicted octanol–water partition coefficient (Wildman–Crippen LogP) is 2.22. The van der Waals surface area contributed by atoms with Gasteiger partial charge in [-0.15, -0.1) is 0 Å². The summed E-state index contributed by atoms with van der Waals surface area (Å²) < 4.78 is 27.0. The van der Waals surface area contributed by atoms with Crippen molar-refractivity contribution in [3.63, 3.8) is 0 Å². The Balaban J connectivity index is 2.20. The lowest BCUT2D eigenvalue weighted by Crippen LogP contribution is -2.32. The maximum absolute atomic E-state index is 12.7. The summed E-state index contributed by atoms with van der Waals surface area (Å²) >= 11 is 0. The van der Waals surface area contributed by atoms with Crippen molar-refractivity contribution in [1.29, 1.82) is 0 Å². The van der Waals surface area contributed by atoms with Crippen molar-refractivity contribution < 1.29 is 8.42 Å². The topological polar surface area (TPSA) is 49.4 Å². The highest BCUT2D eigenvalue weighted by Crippen LogP contribution is 2.27. The summed E-state index contributed by atoms with van der Waals surface area (Å²) in [5, 5.41) is 3.03. The van der Waals surface area contributed by atoms with E-state index in [-0.39, 0.29) is 0 Å². The summed E-state index contributed by atoms with van der Waals surface area (Å²) in [5.74, 6) is 0.520. The largest absolute Gasteiger partial charge is 0.316 e. The minimum atomic E-state index is -3.39. The Morgan fingerprint density at radius 3 is 2.55 bits per heavy atom. The first-order chi connectivity index (χ1) is 9.55. The molecule has 1 aliphatic rings. The molecule has 20 heavy (non-hydrogen) atoms. The van der Waals surface area contributed by atoms with Gasteiger partial charge >= 0.3 is 0 Å². The Morgan fingerprint density at radius 2 is 1.90 bits per heavy atom. The molecule has 0 amide bonds. The number of hydrogen-bond acceptors (Lipinski definition) is 3. The standard InChI is InChI=1S/C15H24N2O2S/c1-16-11-14-9-5-6-10-15(14)20(18,19)17(2)12-13-7-3-4-8-13/h5-6,9-10,13,16H,3-4,7-8,11-12H2,1-2H3. The van der Waals surface area contributed by atoms with Gasteiger partial charge in [-0.1, -0.05) is 31.0 Å². The number of nitrogens with one attached hydrogen (secondary N) is 1. The van der Waals surface area contributed by atoms with Crippen LogP contribution in [0.25, 0.3) is 0 Å². The summed E-state index contributed by atoms with van der Waals surface area (Å²) in [7, 11) is 0.137. The lowest BCUT2D eigenvalue weighted by Gasteiger charge is -2.22. The Hall–Kier alpha value is -0.910. The Labute approximate surface area is 122 Å². The van der Waals surface area contributed by atoms with Gasteiger partial charge in [0, 0.05) is 20.1 Å². The van der Waals surface area contributed by atoms with Crippen LogP contribution in [0.2, 0.25) is 0 Å². The van der Waals surface area contributed by atoms with Gasteiger partial charge in [0.2, 0.25) is 10.0 Å². The lowest BCUT2D eigenvalue weighted by atomic mass is 10.1. The number of sulfonamides is 1. The van der Waals surface area contributed by atoms with Crippen LogP contribution in [0, 0.1) is 5.92 Å². The molecular weight excluding hydrogens is 272 g/mol. The van der Waals surface area contributed by atoms with Crippen LogP contribution in [0.1, 0.15) is 31.2 Å². The van der Waals surface area contributed by atoms with E-state index in [9.17, 15) is 8.42 Å². The first kappa shape index (κ1) is 15.5. The molecule has 2 rings (SSSR count). The van der Waals surface area contributed by atoms with Crippen molar-refractivity contribution in [1.82, 2.24) is 9.62 Å². The monoisotopic (exact) mass is 296 g/mol. The predicted molar refractivity (Wildman–Crippen MR) is 81.0 cm³/mol. The average Bonchev–Trinajstić information content (AvgIpc) is 2.92. The van der Waals surface area contributed by atoms with Gasteiger partial charge in [-0.05, 0) is 37.4 Å². The van der Waals surface area contributed by atoms with E-state index in [1.54, 1.807) is 19.2 Å². The van der Waals surface area contributed by atoms with Crippen molar-refractivity contribution in [2.24, 2.45) is 5.92 Å². The Morgan fingerprint density at radius 1 is 1.25 bits per heavy atom. The second-order valence-corrected chi connectivity index (χ2v) is 7.59. The summed E-state index contributed by atoms with van der Waals surface area (Å²) in [5.41, 5.74) is 0.827. The van der Waals surface area contributed by atoms with E-state index in [2.05, 4.69) is 5.32 Å². The van der Waals surface area contributed by atoms with E-state index < -0.39 is 10.0 Å². The minimum absolute atomic E-state index is 0.426. The van der Waals surface area contributed by atoms with Crippen molar-refractivity contribution in [3.8, 4) is 0 Å². The fourth-order valence-corrected chi connectivity index (χ4v) is 4.38. The fourth-order valence-electron chi connectivity index (χ4n) is 2.91. The van der Waals surface area contributed by atoms with Crippen LogP contribution in [0.4, 0.5) is 0 Å². The molecule has 112 valence electrons. The zero-order valence-electron chi connectivity index (χ0n) is 12.3. The summed E-state index contributed by atoms with van der Waals surface area (Å²) in [4.78, 5) is 0.426. The maximum atomic E-state index is 12.7. The Bertz CT molecular complexity index is 537. The van der Waals surface area contributed by atoms with Crippen LogP contribution in [-0.4, -0.2) is 33.4 Å². The molecule has 5 heteroatoms. The van der Waals surface area contributed by atoms with Crippen molar-refractivity contribution in [2.75, 3.05) is 20.6 Å². The summed E-state index contributed by atoms with van der Waals surface area (Å²) in [6, 6.07) is 7.23. The minimum Gasteiger partial charge on any atom is -0.316 e. The highest BCUT2D eigenvalue weighted by molar-refractivity contribution is 7.89. The molecule has 0 aromatic heterocycles. The van der Waals surface area contributed by atoms with Crippen molar-refractivity contribution >= 4 is 10.0 Å². The van der Waals surface area contributed by atoms with Gasteiger partial charge in [0.1, 0.15) is 0 Å². The SMILES string of the molecule is CNCc1ccccc1S(=O)(=O)N(C)CC1CCCC1. The van der Waals surface area contributed by atoms with Gasteiger partial charge in [-0.2, -0.15) is 0 Å². The van der Waals surface area contributed by atoms with Gasteiger partial charge < -0.3 is 5.32 Å². The van der Waals surface area contributed by atoms with E-state index >= 15 is 0 Å². The van der Waals surface area contributed by atoms with Crippen LogP contribution in [0.15, 0.2) is 29.2 Å². The molecular formula is C15H24N2O2S. The maximum Gasteiger partial charge on any atom is 0.243 e. The zero-order chi connectivity index (χ0) is 14.6. The molecule has 0 radical (unpaired) electrons. The van der Waals surface area contributed by atoms with Gasteiger partial charge in [0.05, 0.1) is 4.90 Å². The number of hydrogen-bond donors (Lipinski definition) is 1. The highest BCUT2D eigenvalue weighted by atomic mass is 32.2. The van der Waals surface area contributed by atoms with Crippen LogP contribution >= 0.6 is 0 Å². The zero-order valence-corrected chi connectivity index (χ0v) is 13.1. The van der Waals surface area contributed by atoms with Crippen LogP contribution in [0.3, 0.4) is 0 Å². The third kappa shape index (κ3) is 3.40. The first-order valence-corrected chi connectivity index (χ1v) is 8.68.